The monoisotopic (exact) mass is 321 g/mol. The van der Waals surface area contributed by atoms with Gasteiger partial charge >= 0.3 is 0 Å². The maximum atomic E-state index is 12.7. The van der Waals surface area contributed by atoms with Crippen LogP contribution in [0.1, 0.15) is 50.8 Å². The molecule has 6 heteroatoms. The zero-order valence-electron chi connectivity index (χ0n) is 11.3. The van der Waals surface area contributed by atoms with E-state index in [1.165, 1.54) is 18.0 Å². The Kier molecular flexibility index (Phi) is 3.87. The average molecular weight is 322 g/mol. The van der Waals surface area contributed by atoms with Gasteiger partial charge in [0, 0.05) is 21.9 Å². The molecule has 0 atom stereocenters. The third-order valence-electron chi connectivity index (χ3n) is 3.50. The van der Waals surface area contributed by atoms with Gasteiger partial charge in [-0.25, -0.2) is 0 Å². The zero-order valence-corrected chi connectivity index (χ0v) is 12.8. The molecule has 108 valence electrons. The van der Waals surface area contributed by atoms with Gasteiger partial charge in [0.15, 0.2) is 17.8 Å². The third-order valence-corrected chi connectivity index (χ3v) is 4.68. The minimum atomic E-state index is -0.178. The fraction of sp³-hybridized carbons (Fsp3) is 0.267. The maximum absolute atomic E-state index is 12.7. The zero-order chi connectivity index (χ0) is 15.0. The number of hydrogen-bond donors (Lipinski definition) is 0. The molecule has 1 aliphatic carbocycles. The second kappa shape index (κ2) is 5.66. The highest BCUT2D eigenvalue weighted by Crippen LogP contribution is 2.42. The van der Waals surface area contributed by atoms with Crippen LogP contribution >= 0.6 is 23.4 Å². The molecule has 1 aromatic heterocycles. The second-order valence-corrected chi connectivity index (χ2v) is 6.09. The van der Waals surface area contributed by atoms with Gasteiger partial charge in [0.25, 0.3) is 0 Å². The van der Waals surface area contributed by atoms with Crippen molar-refractivity contribution in [3.05, 3.63) is 45.8 Å². The number of aromatic nitrogens is 1. The van der Waals surface area contributed by atoms with Crippen LogP contribution in [-0.4, -0.2) is 23.5 Å². The average Bonchev–Trinajstić information content (AvgIpc) is 3.23. The molecule has 0 aliphatic heterocycles. The van der Waals surface area contributed by atoms with Gasteiger partial charge in [0.05, 0.1) is 16.8 Å². The summed E-state index contributed by atoms with van der Waals surface area (Å²) in [7, 11) is 0. The predicted octanol–water partition coefficient (Wildman–Crippen LogP) is 3.97. The Balaban J connectivity index is 2.09. The van der Waals surface area contributed by atoms with Gasteiger partial charge in [-0.05, 0) is 31.2 Å². The lowest BCUT2D eigenvalue weighted by Gasteiger charge is -2.10. The molecule has 0 bridgehead atoms. The Hall–Kier alpha value is -1.59. The van der Waals surface area contributed by atoms with E-state index < -0.39 is 0 Å². The fourth-order valence-electron chi connectivity index (χ4n) is 2.29. The van der Waals surface area contributed by atoms with Crippen molar-refractivity contribution in [1.29, 1.82) is 0 Å². The van der Waals surface area contributed by atoms with E-state index in [2.05, 4.69) is 5.16 Å². The summed E-state index contributed by atoms with van der Waals surface area (Å²) in [4.78, 5) is 24.5. The summed E-state index contributed by atoms with van der Waals surface area (Å²) in [5, 5.41) is 4.09. The standard InChI is InChI=1S/C15H12ClNO3S/c1-21-15-9(4-5-12(16)11(15)7-18)13(19)10-6-17-20-14(10)8-2-3-8/h4-8H,2-3H2,1H3. The molecule has 1 aliphatic rings. The maximum Gasteiger partial charge on any atom is 0.199 e. The van der Waals surface area contributed by atoms with Crippen molar-refractivity contribution >= 4 is 35.4 Å². The number of rotatable bonds is 5. The molecule has 1 heterocycles. The van der Waals surface area contributed by atoms with E-state index in [1.54, 1.807) is 12.1 Å². The Bertz CT molecular complexity index is 722. The van der Waals surface area contributed by atoms with Crippen LogP contribution in [0.15, 0.2) is 27.7 Å². The van der Waals surface area contributed by atoms with E-state index in [0.717, 1.165) is 12.8 Å². The molecular weight excluding hydrogens is 310 g/mol. The molecule has 1 aromatic carbocycles. The van der Waals surface area contributed by atoms with Crippen LogP contribution in [0, 0.1) is 0 Å². The number of hydrogen-bond acceptors (Lipinski definition) is 5. The number of aldehydes is 1. The molecule has 0 saturated heterocycles. The highest BCUT2D eigenvalue weighted by atomic mass is 35.5. The second-order valence-electron chi connectivity index (χ2n) is 4.87. The lowest BCUT2D eigenvalue weighted by Crippen LogP contribution is -2.06. The first-order valence-corrected chi connectivity index (χ1v) is 8.08. The van der Waals surface area contributed by atoms with Crippen LogP contribution in [0.5, 0.6) is 0 Å². The number of halogens is 1. The number of benzene rings is 1. The number of carbonyl (C=O) groups is 2. The van der Waals surface area contributed by atoms with Crippen LogP contribution in [0.2, 0.25) is 5.02 Å². The molecule has 0 N–H and O–H groups in total. The SMILES string of the molecule is CSc1c(C(=O)c2cnoc2C2CC2)ccc(Cl)c1C=O. The normalized spacial score (nSPS) is 14.2. The highest BCUT2D eigenvalue weighted by Gasteiger charge is 2.33. The van der Waals surface area contributed by atoms with E-state index >= 15 is 0 Å². The van der Waals surface area contributed by atoms with Gasteiger partial charge < -0.3 is 4.52 Å². The largest absolute Gasteiger partial charge is 0.360 e. The van der Waals surface area contributed by atoms with Gasteiger partial charge in [0.1, 0.15) is 0 Å². The summed E-state index contributed by atoms with van der Waals surface area (Å²) in [6.07, 6.45) is 5.98. The van der Waals surface area contributed by atoms with E-state index in [-0.39, 0.29) is 5.78 Å². The minimum Gasteiger partial charge on any atom is -0.360 e. The molecule has 1 fully saturated rings. The smallest absolute Gasteiger partial charge is 0.199 e. The Morgan fingerprint density at radius 3 is 2.81 bits per heavy atom. The minimum absolute atomic E-state index is 0.178. The third kappa shape index (κ3) is 2.51. The molecule has 21 heavy (non-hydrogen) atoms. The Morgan fingerprint density at radius 1 is 1.43 bits per heavy atom. The Labute approximate surface area is 130 Å². The van der Waals surface area contributed by atoms with Gasteiger partial charge in [-0.15, -0.1) is 11.8 Å². The van der Waals surface area contributed by atoms with Crippen LogP contribution < -0.4 is 0 Å². The quantitative estimate of drug-likeness (QED) is 0.474. The van der Waals surface area contributed by atoms with E-state index in [4.69, 9.17) is 16.1 Å². The van der Waals surface area contributed by atoms with Crippen LogP contribution in [0.4, 0.5) is 0 Å². The van der Waals surface area contributed by atoms with Crippen molar-refractivity contribution < 1.29 is 14.1 Å². The van der Waals surface area contributed by atoms with Gasteiger partial charge in [0.2, 0.25) is 0 Å². The predicted molar refractivity (Wildman–Crippen MR) is 80.5 cm³/mol. The van der Waals surface area contributed by atoms with Crippen LogP contribution in [-0.2, 0) is 0 Å². The summed E-state index contributed by atoms with van der Waals surface area (Å²) in [5.74, 6) is 0.763. The molecule has 0 unspecified atom stereocenters. The van der Waals surface area contributed by atoms with Crippen molar-refractivity contribution in [3.8, 4) is 0 Å². The first-order chi connectivity index (χ1) is 10.2. The molecule has 1 saturated carbocycles. The molecule has 3 rings (SSSR count). The first kappa shape index (κ1) is 14.4. The summed E-state index contributed by atoms with van der Waals surface area (Å²) in [5.41, 5.74) is 1.28. The summed E-state index contributed by atoms with van der Waals surface area (Å²) < 4.78 is 5.21. The van der Waals surface area contributed by atoms with E-state index in [9.17, 15) is 9.59 Å². The number of nitrogens with zero attached hydrogens (tertiary/aromatic N) is 1. The molecule has 2 aromatic rings. The lowest BCUT2D eigenvalue weighted by molar-refractivity contribution is 0.103. The lowest BCUT2D eigenvalue weighted by atomic mass is 10.0. The van der Waals surface area contributed by atoms with Gasteiger partial charge in [-0.1, -0.05) is 16.8 Å². The Morgan fingerprint density at radius 2 is 2.19 bits per heavy atom. The van der Waals surface area contributed by atoms with Crippen molar-refractivity contribution in [2.75, 3.05) is 6.26 Å². The van der Waals surface area contributed by atoms with Crippen molar-refractivity contribution in [2.24, 2.45) is 0 Å². The fourth-order valence-corrected chi connectivity index (χ4v) is 3.30. The number of carbonyl (C=O) groups excluding carboxylic acids is 2. The summed E-state index contributed by atoms with van der Waals surface area (Å²) >= 11 is 7.34. The molecule has 0 amide bonds. The molecule has 4 nitrogen and oxygen atoms in total. The summed E-state index contributed by atoms with van der Waals surface area (Å²) in [6, 6.07) is 3.22. The molecule has 0 radical (unpaired) electrons. The van der Waals surface area contributed by atoms with Gasteiger partial charge in [-0.2, -0.15) is 0 Å². The first-order valence-electron chi connectivity index (χ1n) is 6.48. The van der Waals surface area contributed by atoms with E-state index in [0.29, 0.717) is 44.6 Å². The number of ketones is 1. The molecular formula is C15H12ClNO3S. The van der Waals surface area contributed by atoms with Crippen molar-refractivity contribution in [2.45, 2.75) is 23.7 Å². The van der Waals surface area contributed by atoms with Crippen molar-refractivity contribution in [3.63, 3.8) is 0 Å². The van der Waals surface area contributed by atoms with Crippen molar-refractivity contribution in [1.82, 2.24) is 5.16 Å². The van der Waals surface area contributed by atoms with Gasteiger partial charge in [-0.3, -0.25) is 9.59 Å². The van der Waals surface area contributed by atoms with E-state index in [1.807, 2.05) is 6.26 Å². The van der Waals surface area contributed by atoms with Crippen LogP contribution in [0.3, 0.4) is 0 Å². The van der Waals surface area contributed by atoms with Crippen LogP contribution in [0.25, 0.3) is 0 Å². The summed E-state index contributed by atoms with van der Waals surface area (Å²) in [6.45, 7) is 0. The topological polar surface area (TPSA) is 60.2 Å². The number of thioether (sulfide) groups is 1. The highest BCUT2D eigenvalue weighted by molar-refractivity contribution is 7.98. The molecule has 0 spiro atoms.